The zero-order chi connectivity index (χ0) is 15.5. The standard InChI is InChI=1S/C14H18ClNO4S/c15-12-7-6-11(14(17)18)10-13(12)21(19,20)16-8-4-2-1-3-5-9-16/h6-7,10H,1-5,8-9H2,(H,17,18). The molecule has 0 unspecified atom stereocenters. The summed E-state index contributed by atoms with van der Waals surface area (Å²) in [5, 5.41) is 9.06. The first-order valence-electron chi connectivity index (χ1n) is 6.96. The fourth-order valence-corrected chi connectivity index (χ4v) is 4.45. The van der Waals surface area contributed by atoms with E-state index in [4.69, 9.17) is 16.7 Å². The van der Waals surface area contributed by atoms with E-state index in [0.29, 0.717) is 13.1 Å². The highest BCUT2D eigenvalue weighted by Crippen LogP contribution is 2.27. The lowest BCUT2D eigenvalue weighted by molar-refractivity contribution is 0.0696. The number of carbonyl (C=O) groups is 1. The molecule has 1 heterocycles. The average Bonchev–Trinajstić information content (AvgIpc) is 2.37. The van der Waals surface area contributed by atoms with E-state index in [-0.39, 0.29) is 15.5 Å². The Kier molecular flexibility index (Phi) is 5.24. The van der Waals surface area contributed by atoms with Crippen LogP contribution in [0.2, 0.25) is 5.02 Å². The van der Waals surface area contributed by atoms with Crippen LogP contribution in [0.5, 0.6) is 0 Å². The number of sulfonamides is 1. The van der Waals surface area contributed by atoms with Gasteiger partial charge in [0.2, 0.25) is 10.0 Å². The van der Waals surface area contributed by atoms with Gasteiger partial charge in [-0.15, -0.1) is 0 Å². The molecule has 0 spiro atoms. The van der Waals surface area contributed by atoms with Gasteiger partial charge in [-0.05, 0) is 31.0 Å². The molecule has 7 heteroatoms. The molecule has 1 saturated heterocycles. The number of nitrogens with zero attached hydrogens (tertiary/aromatic N) is 1. The SMILES string of the molecule is O=C(O)c1ccc(Cl)c(S(=O)(=O)N2CCCCCCC2)c1. The molecule has 116 valence electrons. The number of hydrogen-bond acceptors (Lipinski definition) is 3. The van der Waals surface area contributed by atoms with E-state index in [0.717, 1.165) is 38.2 Å². The van der Waals surface area contributed by atoms with E-state index >= 15 is 0 Å². The minimum atomic E-state index is -3.75. The Morgan fingerprint density at radius 1 is 1.10 bits per heavy atom. The van der Waals surface area contributed by atoms with Gasteiger partial charge in [0.25, 0.3) is 0 Å². The van der Waals surface area contributed by atoms with Crippen LogP contribution in [0.3, 0.4) is 0 Å². The van der Waals surface area contributed by atoms with Crippen molar-refractivity contribution in [2.24, 2.45) is 0 Å². The van der Waals surface area contributed by atoms with Crippen molar-refractivity contribution in [2.45, 2.75) is 37.0 Å². The highest BCUT2D eigenvalue weighted by atomic mass is 35.5. The van der Waals surface area contributed by atoms with Gasteiger partial charge in [-0.3, -0.25) is 0 Å². The Labute approximate surface area is 129 Å². The Hall–Kier alpha value is -1.11. The number of rotatable bonds is 3. The van der Waals surface area contributed by atoms with Gasteiger partial charge in [0, 0.05) is 13.1 Å². The maximum atomic E-state index is 12.7. The van der Waals surface area contributed by atoms with E-state index in [1.807, 2.05) is 0 Å². The van der Waals surface area contributed by atoms with E-state index in [9.17, 15) is 13.2 Å². The minimum Gasteiger partial charge on any atom is -0.478 e. The molecule has 5 nitrogen and oxygen atoms in total. The van der Waals surface area contributed by atoms with Crippen molar-refractivity contribution in [1.29, 1.82) is 0 Å². The van der Waals surface area contributed by atoms with Gasteiger partial charge in [0.1, 0.15) is 4.90 Å². The predicted molar refractivity (Wildman–Crippen MR) is 80.3 cm³/mol. The van der Waals surface area contributed by atoms with Crippen molar-refractivity contribution in [1.82, 2.24) is 4.31 Å². The molecule has 0 aliphatic carbocycles. The first-order chi connectivity index (χ1) is 9.93. The number of halogens is 1. The van der Waals surface area contributed by atoms with Gasteiger partial charge in [-0.1, -0.05) is 30.9 Å². The molecule has 0 aromatic heterocycles. The third-order valence-electron chi connectivity index (χ3n) is 3.61. The minimum absolute atomic E-state index is 0.0575. The van der Waals surface area contributed by atoms with Crippen molar-refractivity contribution in [3.63, 3.8) is 0 Å². The van der Waals surface area contributed by atoms with Crippen LogP contribution in [0.25, 0.3) is 0 Å². The van der Waals surface area contributed by atoms with E-state index in [2.05, 4.69) is 0 Å². The molecule has 0 radical (unpaired) electrons. The molecule has 1 aromatic carbocycles. The van der Waals surface area contributed by atoms with Gasteiger partial charge in [0.05, 0.1) is 10.6 Å². The maximum Gasteiger partial charge on any atom is 0.335 e. The molecular weight excluding hydrogens is 314 g/mol. The third-order valence-corrected chi connectivity index (χ3v) is 5.99. The van der Waals surface area contributed by atoms with E-state index < -0.39 is 16.0 Å². The topological polar surface area (TPSA) is 74.7 Å². The fourth-order valence-electron chi connectivity index (χ4n) is 2.43. The predicted octanol–water partition coefficient (Wildman–Crippen LogP) is 2.99. The Morgan fingerprint density at radius 2 is 1.67 bits per heavy atom. The Bertz CT molecular complexity index is 622. The molecule has 0 amide bonds. The van der Waals surface area contributed by atoms with Crippen LogP contribution in [0.1, 0.15) is 42.5 Å². The highest BCUT2D eigenvalue weighted by Gasteiger charge is 2.27. The summed E-state index contributed by atoms with van der Waals surface area (Å²) in [5.41, 5.74) is -0.0787. The van der Waals surface area contributed by atoms with Crippen LogP contribution in [-0.2, 0) is 10.0 Å². The fraction of sp³-hybridized carbons (Fsp3) is 0.500. The van der Waals surface area contributed by atoms with Gasteiger partial charge < -0.3 is 5.11 Å². The first kappa shape index (κ1) is 16.3. The monoisotopic (exact) mass is 331 g/mol. The summed E-state index contributed by atoms with van der Waals surface area (Å²) in [6.45, 7) is 0.909. The molecule has 1 aromatic rings. The average molecular weight is 332 g/mol. The normalized spacial score (nSPS) is 18.0. The van der Waals surface area contributed by atoms with Crippen molar-refractivity contribution in [3.8, 4) is 0 Å². The van der Waals surface area contributed by atoms with Crippen LogP contribution < -0.4 is 0 Å². The molecule has 21 heavy (non-hydrogen) atoms. The van der Waals surface area contributed by atoms with Gasteiger partial charge in [0.15, 0.2) is 0 Å². The zero-order valence-corrected chi connectivity index (χ0v) is 13.2. The molecule has 0 saturated carbocycles. The summed E-state index contributed by atoms with van der Waals surface area (Å²) in [5.74, 6) is -1.17. The largest absolute Gasteiger partial charge is 0.478 e. The molecular formula is C14H18ClNO4S. The quantitative estimate of drug-likeness (QED) is 0.923. The number of aromatic carboxylic acids is 1. The summed E-state index contributed by atoms with van der Waals surface area (Å²) >= 11 is 5.98. The lowest BCUT2D eigenvalue weighted by Gasteiger charge is -2.24. The molecule has 1 N–H and O–H groups in total. The summed E-state index contributed by atoms with van der Waals surface area (Å²) in [7, 11) is -3.75. The molecule has 1 aliphatic heterocycles. The van der Waals surface area contributed by atoms with Crippen molar-refractivity contribution < 1.29 is 18.3 Å². The van der Waals surface area contributed by atoms with E-state index in [1.165, 1.54) is 16.4 Å². The molecule has 1 aliphatic rings. The van der Waals surface area contributed by atoms with Gasteiger partial charge >= 0.3 is 5.97 Å². The lowest BCUT2D eigenvalue weighted by Crippen LogP contribution is -2.34. The van der Waals surface area contributed by atoms with Crippen LogP contribution in [0.15, 0.2) is 23.1 Å². The molecule has 2 rings (SSSR count). The van der Waals surface area contributed by atoms with Crippen molar-refractivity contribution >= 4 is 27.6 Å². The molecule has 0 atom stereocenters. The molecule has 1 fully saturated rings. The smallest absolute Gasteiger partial charge is 0.335 e. The summed E-state index contributed by atoms with van der Waals surface area (Å²) in [4.78, 5) is 10.9. The summed E-state index contributed by atoms with van der Waals surface area (Å²) in [6, 6.07) is 3.76. The molecule has 0 bridgehead atoms. The van der Waals surface area contributed by atoms with Crippen LogP contribution in [-0.4, -0.2) is 36.9 Å². The van der Waals surface area contributed by atoms with Gasteiger partial charge in [-0.2, -0.15) is 4.31 Å². The first-order valence-corrected chi connectivity index (χ1v) is 8.78. The second-order valence-corrected chi connectivity index (χ2v) is 7.44. The van der Waals surface area contributed by atoms with Crippen molar-refractivity contribution in [3.05, 3.63) is 28.8 Å². The Balaban J connectivity index is 2.37. The third kappa shape index (κ3) is 3.75. The van der Waals surface area contributed by atoms with Crippen molar-refractivity contribution in [2.75, 3.05) is 13.1 Å². The highest BCUT2D eigenvalue weighted by molar-refractivity contribution is 7.89. The Morgan fingerprint density at radius 3 is 2.24 bits per heavy atom. The van der Waals surface area contributed by atoms with E-state index in [1.54, 1.807) is 0 Å². The van der Waals surface area contributed by atoms with Crippen LogP contribution in [0.4, 0.5) is 0 Å². The van der Waals surface area contributed by atoms with Gasteiger partial charge in [-0.25, -0.2) is 13.2 Å². The number of benzene rings is 1. The number of carboxylic acids is 1. The van der Waals surface area contributed by atoms with Crippen LogP contribution in [0, 0.1) is 0 Å². The summed E-state index contributed by atoms with van der Waals surface area (Å²) in [6.07, 6.45) is 4.78. The summed E-state index contributed by atoms with van der Waals surface area (Å²) < 4.78 is 26.8. The maximum absolute atomic E-state index is 12.7. The van der Waals surface area contributed by atoms with Crippen LogP contribution >= 0.6 is 11.6 Å². The lowest BCUT2D eigenvalue weighted by atomic mass is 10.1. The number of hydrogen-bond donors (Lipinski definition) is 1. The number of carboxylic acid groups (broad SMARTS) is 1. The second kappa shape index (κ2) is 6.77. The second-order valence-electron chi connectivity index (χ2n) is 5.12. The zero-order valence-electron chi connectivity index (χ0n) is 11.6.